The van der Waals surface area contributed by atoms with Crippen LogP contribution in [0.15, 0.2) is 11.6 Å². The summed E-state index contributed by atoms with van der Waals surface area (Å²) in [4.78, 5) is 4.27. The molecule has 2 unspecified atom stereocenters. The van der Waals surface area contributed by atoms with Gasteiger partial charge in [-0.05, 0) is 31.1 Å². The van der Waals surface area contributed by atoms with Gasteiger partial charge in [-0.3, -0.25) is 0 Å². The Morgan fingerprint density at radius 2 is 2.00 bits per heavy atom. The summed E-state index contributed by atoms with van der Waals surface area (Å²) in [6.07, 6.45) is 5.84. The molecule has 1 N–H and O–H groups in total. The Labute approximate surface area is 89.8 Å². The number of hydrogen-bond acceptors (Lipinski definition) is 3. The van der Waals surface area contributed by atoms with Crippen LogP contribution in [-0.4, -0.2) is 11.0 Å². The van der Waals surface area contributed by atoms with Crippen molar-refractivity contribution in [2.45, 2.75) is 39.2 Å². The molecule has 1 aliphatic rings. The largest absolute Gasteiger partial charge is 0.359 e. The Hall–Kier alpha value is -0.570. The van der Waals surface area contributed by atoms with Gasteiger partial charge >= 0.3 is 0 Å². The van der Waals surface area contributed by atoms with Crippen LogP contribution in [0.3, 0.4) is 0 Å². The number of aromatic nitrogens is 1. The number of nitrogens with one attached hydrogen (secondary N) is 1. The van der Waals surface area contributed by atoms with Crippen LogP contribution in [0.5, 0.6) is 0 Å². The average molecular weight is 210 g/mol. The molecule has 2 atom stereocenters. The van der Waals surface area contributed by atoms with Crippen molar-refractivity contribution in [3.05, 3.63) is 11.6 Å². The molecule has 0 radical (unpaired) electrons. The topological polar surface area (TPSA) is 24.9 Å². The number of rotatable bonds is 2. The van der Waals surface area contributed by atoms with Crippen LogP contribution in [0.2, 0.25) is 0 Å². The molecule has 0 aromatic carbocycles. The zero-order valence-corrected chi connectivity index (χ0v) is 9.68. The van der Waals surface area contributed by atoms with Gasteiger partial charge in [0, 0.05) is 17.6 Å². The first-order chi connectivity index (χ1) is 6.74. The van der Waals surface area contributed by atoms with E-state index in [2.05, 4.69) is 24.1 Å². The number of nitrogens with zero attached hydrogens (tertiary/aromatic N) is 1. The Bertz CT molecular complexity index is 261. The fraction of sp³-hybridized carbons (Fsp3) is 0.727. The molecule has 1 heterocycles. The van der Waals surface area contributed by atoms with Crippen LogP contribution in [0, 0.1) is 11.8 Å². The molecule has 3 heteroatoms. The second kappa shape index (κ2) is 4.30. The van der Waals surface area contributed by atoms with Gasteiger partial charge in [0.25, 0.3) is 0 Å². The maximum Gasteiger partial charge on any atom is 0.182 e. The maximum atomic E-state index is 4.27. The fourth-order valence-electron chi connectivity index (χ4n) is 2.53. The summed E-state index contributed by atoms with van der Waals surface area (Å²) < 4.78 is 0. The van der Waals surface area contributed by atoms with E-state index in [4.69, 9.17) is 0 Å². The molecular formula is C11H18N2S. The summed E-state index contributed by atoms with van der Waals surface area (Å²) in [7, 11) is 0. The van der Waals surface area contributed by atoms with Crippen LogP contribution in [0.25, 0.3) is 0 Å². The van der Waals surface area contributed by atoms with Crippen molar-refractivity contribution in [3.63, 3.8) is 0 Å². The Kier molecular flexibility index (Phi) is 3.06. The van der Waals surface area contributed by atoms with Crippen LogP contribution < -0.4 is 5.32 Å². The SMILES string of the molecule is CC1CC(C)CC(Nc2nccs2)C1. The van der Waals surface area contributed by atoms with Gasteiger partial charge in [0.1, 0.15) is 0 Å². The summed E-state index contributed by atoms with van der Waals surface area (Å²) in [6.45, 7) is 4.71. The molecule has 1 saturated carbocycles. The van der Waals surface area contributed by atoms with E-state index in [1.807, 2.05) is 11.6 Å². The Balaban J connectivity index is 1.91. The highest BCUT2D eigenvalue weighted by Crippen LogP contribution is 2.30. The van der Waals surface area contributed by atoms with E-state index in [1.165, 1.54) is 19.3 Å². The summed E-state index contributed by atoms with van der Waals surface area (Å²) >= 11 is 1.70. The molecule has 0 bridgehead atoms. The average Bonchev–Trinajstić information content (AvgIpc) is 2.54. The van der Waals surface area contributed by atoms with Gasteiger partial charge in [0.05, 0.1) is 0 Å². The lowest BCUT2D eigenvalue weighted by Crippen LogP contribution is -2.30. The van der Waals surface area contributed by atoms with Crippen LogP contribution in [-0.2, 0) is 0 Å². The molecule has 2 rings (SSSR count). The third-order valence-electron chi connectivity index (χ3n) is 2.94. The van der Waals surface area contributed by atoms with Crippen molar-refractivity contribution < 1.29 is 0 Å². The maximum absolute atomic E-state index is 4.27. The molecule has 1 fully saturated rings. The lowest BCUT2D eigenvalue weighted by molar-refractivity contribution is 0.281. The molecular weight excluding hydrogens is 192 g/mol. The van der Waals surface area contributed by atoms with Crippen LogP contribution >= 0.6 is 11.3 Å². The first-order valence-electron chi connectivity index (χ1n) is 5.40. The van der Waals surface area contributed by atoms with Gasteiger partial charge in [0.15, 0.2) is 5.13 Å². The van der Waals surface area contributed by atoms with E-state index in [9.17, 15) is 0 Å². The normalized spacial score (nSPS) is 32.9. The van der Waals surface area contributed by atoms with E-state index < -0.39 is 0 Å². The summed E-state index contributed by atoms with van der Waals surface area (Å²) in [5, 5.41) is 6.63. The first kappa shape index (κ1) is 9.97. The van der Waals surface area contributed by atoms with Crippen molar-refractivity contribution in [1.29, 1.82) is 0 Å². The van der Waals surface area contributed by atoms with Crippen molar-refractivity contribution >= 4 is 16.5 Å². The smallest absolute Gasteiger partial charge is 0.182 e. The molecule has 0 spiro atoms. The number of hydrogen-bond donors (Lipinski definition) is 1. The van der Waals surface area contributed by atoms with E-state index >= 15 is 0 Å². The van der Waals surface area contributed by atoms with Gasteiger partial charge in [-0.15, -0.1) is 11.3 Å². The molecule has 0 aliphatic heterocycles. The zero-order valence-electron chi connectivity index (χ0n) is 8.86. The predicted octanol–water partition coefficient (Wildman–Crippen LogP) is 3.38. The third-order valence-corrected chi connectivity index (χ3v) is 3.64. The van der Waals surface area contributed by atoms with Crippen molar-refractivity contribution in [1.82, 2.24) is 4.98 Å². The highest BCUT2D eigenvalue weighted by Gasteiger charge is 2.23. The van der Waals surface area contributed by atoms with Gasteiger partial charge in [-0.2, -0.15) is 0 Å². The van der Waals surface area contributed by atoms with Gasteiger partial charge in [-0.25, -0.2) is 4.98 Å². The lowest BCUT2D eigenvalue weighted by atomic mass is 9.80. The molecule has 1 aliphatic carbocycles. The summed E-state index contributed by atoms with van der Waals surface area (Å²) in [6, 6.07) is 0.639. The molecule has 2 nitrogen and oxygen atoms in total. The second-order valence-corrected chi connectivity index (χ2v) is 5.49. The summed E-state index contributed by atoms with van der Waals surface area (Å²) in [5.74, 6) is 1.72. The fourth-order valence-corrected chi connectivity index (χ4v) is 3.14. The monoisotopic (exact) mass is 210 g/mol. The molecule has 78 valence electrons. The molecule has 14 heavy (non-hydrogen) atoms. The molecule has 1 aromatic rings. The van der Waals surface area contributed by atoms with Gasteiger partial charge in [-0.1, -0.05) is 13.8 Å². The van der Waals surface area contributed by atoms with Crippen LogP contribution in [0.4, 0.5) is 5.13 Å². The van der Waals surface area contributed by atoms with Crippen molar-refractivity contribution in [3.8, 4) is 0 Å². The molecule has 0 amide bonds. The minimum Gasteiger partial charge on any atom is -0.359 e. The van der Waals surface area contributed by atoms with Crippen molar-refractivity contribution in [2.24, 2.45) is 11.8 Å². The van der Waals surface area contributed by atoms with Gasteiger partial charge in [0.2, 0.25) is 0 Å². The van der Waals surface area contributed by atoms with Crippen LogP contribution in [0.1, 0.15) is 33.1 Å². The first-order valence-corrected chi connectivity index (χ1v) is 6.28. The van der Waals surface area contributed by atoms with E-state index in [1.54, 1.807) is 11.3 Å². The lowest BCUT2D eigenvalue weighted by Gasteiger charge is -2.31. The highest BCUT2D eigenvalue weighted by molar-refractivity contribution is 7.13. The standard InChI is InChI=1S/C11H18N2S/c1-8-5-9(2)7-10(6-8)13-11-12-3-4-14-11/h3-4,8-10H,5-7H2,1-2H3,(H,12,13). The second-order valence-electron chi connectivity index (χ2n) is 4.60. The van der Waals surface area contributed by atoms with E-state index in [0.29, 0.717) is 6.04 Å². The highest BCUT2D eigenvalue weighted by atomic mass is 32.1. The Morgan fingerprint density at radius 1 is 1.29 bits per heavy atom. The van der Waals surface area contributed by atoms with Crippen molar-refractivity contribution in [2.75, 3.05) is 5.32 Å². The molecule has 1 aromatic heterocycles. The molecule has 0 saturated heterocycles. The minimum atomic E-state index is 0.639. The van der Waals surface area contributed by atoms with E-state index in [-0.39, 0.29) is 0 Å². The summed E-state index contributed by atoms with van der Waals surface area (Å²) in [5.41, 5.74) is 0. The van der Waals surface area contributed by atoms with Gasteiger partial charge < -0.3 is 5.32 Å². The third kappa shape index (κ3) is 2.47. The minimum absolute atomic E-state index is 0.639. The number of thiazole rings is 1. The zero-order chi connectivity index (χ0) is 9.97. The number of anilines is 1. The predicted molar refractivity (Wildman–Crippen MR) is 61.7 cm³/mol. The quantitative estimate of drug-likeness (QED) is 0.809. The van der Waals surface area contributed by atoms with E-state index in [0.717, 1.165) is 17.0 Å². The Morgan fingerprint density at radius 3 is 2.57 bits per heavy atom.